The van der Waals surface area contributed by atoms with Gasteiger partial charge in [-0.05, 0) is 68.7 Å². The molecule has 1 aliphatic carbocycles. The van der Waals surface area contributed by atoms with Crippen LogP contribution in [0.1, 0.15) is 43.0 Å². The van der Waals surface area contributed by atoms with E-state index in [4.69, 9.17) is 4.74 Å². The van der Waals surface area contributed by atoms with Gasteiger partial charge in [0.25, 0.3) is 0 Å². The summed E-state index contributed by atoms with van der Waals surface area (Å²) in [5.74, 6) is 1.49. The van der Waals surface area contributed by atoms with E-state index < -0.39 is 0 Å². The molecule has 0 amide bonds. The topological polar surface area (TPSA) is 29.5 Å². The number of benzene rings is 1. The first kappa shape index (κ1) is 13.5. The summed E-state index contributed by atoms with van der Waals surface area (Å²) in [6, 6.07) is 7.91. The molecule has 1 aromatic rings. The van der Waals surface area contributed by atoms with Crippen molar-refractivity contribution < 1.29 is 9.53 Å². The number of ether oxygens (including phenoxy) is 1. The molecule has 4 rings (SSSR count). The lowest BCUT2D eigenvalue weighted by Crippen LogP contribution is -2.28. The minimum absolute atomic E-state index is 0.227. The summed E-state index contributed by atoms with van der Waals surface area (Å²) >= 11 is 0. The Hall–Kier alpha value is -1.51. The summed E-state index contributed by atoms with van der Waals surface area (Å²) < 4.78 is 5.02. The van der Waals surface area contributed by atoms with Gasteiger partial charge in [0, 0.05) is 18.8 Å². The van der Waals surface area contributed by atoms with E-state index in [9.17, 15) is 4.79 Å². The standard InChI is InChI=1S/C17H23NO2/c1-2-20-17(19)15-7-9-16(10-8-15)18-11-13-3-4-14(12-18)6-5-13/h7-10,13-14H,2-6,11-12H2,1H3. The summed E-state index contributed by atoms with van der Waals surface area (Å²) in [5, 5.41) is 0. The van der Waals surface area contributed by atoms with Crippen molar-refractivity contribution in [1.29, 1.82) is 0 Å². The third kappa shape index (κ3) is 2.82. The van der Waals surface area contributed by atoms with Gasteiger partial charge in [0.15, 0.2) is 0 Å². The molecule has 108 valence electrons. The van der Waals surface area contributed by atoms with Gasteiger partial charge in [-0.25, -0.2) is 4.79 Å². The van der Waals surface area contributed by atoms with Crippen LogP contribution < -0.4 is 4.90 Å². The molecule has 3 heteroatoms. The van der Waals surface area contributed by atoms with Crippen LogP contribution in [0.4, 0.5) is 5.69 Å². The number of hydrogen-bond donors (Lipinski definition) is 0. The van der Waals surface area contributed by atoms with Gasteiger partial charge in [-0.2, -0.15) is 0 Å². The van der Waals surface area contributed by atoms with Crippen LogP contribution >= 0.6 is 0 Å². The summed E-state index contributed by atoms with van der Waals surface area (Å²) in [6.07, 6.45) is 5.56. The lowest BCUT2D eigenvalue weighted by molar-refractivity contribution is 0.0526. The Balaban J connectivity index is 1.72. The van der Waals surface area contributed by atoms with Gasteiger partial charge in [0.05, 0.1) is 12.2 Å². The molecule has 20 heavy (non-hydrogen) atoms. The first-order chi connectivity index (χ1) is 9.76. The van der Waals surface area contributed by atoms with E-state index >= 15 is 0 Å². The molecule has 0 atom stereocenters. The zero-order valence-corrected chi connectivity index (χ0v) is 12.2. The van der Waals surface area contributed by atoms with E-state index in [2.05, 4.69) is 17.0 Å². The fourth-order valence-electron chi connectivity index (χ4n) is 3.53. The second kappa shape index (κ2) is 5.86. The van der Waals surface area contributed by atoms with Gasteiger partial charge in [-0.15, -0.1) is 0 Å². The third-order valence-corrected chi connectivity index (χ3v) is 4.67. The largest absolute Gasteiger partial charge is 0.462 e. The van der Waals surface area contributed by atoms with Crippen molar-refractivity contribution in [2.75, 3.05) is 24.6 Å². The van der Waals surface area contributed by atoms with Crippen molar-refractivity contribution in [1.82, 2.24) is 0 Å². The SMILES string of the molecule is CCOC(=O)c1ccc(N2CC3CCC(CC3)C2)cc1. The number of hydrogen-bond acceptors (Lipinski definition) is 3. The van der Waals surface area contributed by atoms with Gasteiger partial charge in [-0.1, -0.05) is 0 Å². The number of carbonyl (C=O) groups excluding carboxylic acids is 1. The Labute approximate surface area is 120 Å². The smallest absolute Gasteiger partial charge is 0.338 e. The Kier molecular flexibility index (Phi) is 3.95. The molecule has 2 saturated heterocycles. The highest BCUT2D eigenvalue weighted by atomic mass is 16.5. The molecule has 1 saturated carbocycles. The average Bonchev–Trinajstić information content (AvgIpc) is 2.81. The van der Waals surface area contributed by atoms with Gasteiger partial charge in [0.2, 0.25) is 0 Å². The summed E-state index contributed by atoms with van der Waals surface area (Å²) in [4.78, 5) is 14.2. The van der Waals surface area contributed by atoms with E-state index in [0.29, 0.717) is 12.2 Å². The normalized spacial score (nSPS) is 25.4. The molecule has 0 aromatic heterocycles. The Morgan fingerprint density at radius 3 is 2.15 bits per heavy atom. The van der Waals surface area contributed by atoms with E-state index in [1.807, 2.05) is 19.1 Å². The highest BCUT2D eigenvalue weighted by Gasteiger charge is 2.29. The average molecular weight is 273 g/mol. The molecule has 0 radical (unpaired) electrons. The summed E-state index contributed by atoms with van der Waals surface area (Å²) in [6.45, 7) is 4.61. The van der Waals surface area contributed by atoms with E-state index in [1.165, 1.54) is 44.5 Å². The van der Waals surface area contributed by atoms with Crippen molar-refractivity contribution in [3.8, 4) is 0 Å². The van der Waals surface area contributed by atoms with Crippen LogP contribution in [-0.4, -0.2) is 25.7 Å². The number of carbonyl (C=O) groups is 1. The lowest BCUT2D eigenvalue weighted by Gasteiger charge is -2.25. The maximum absolute atomic E-state index is 11.7. The highest BCUT2D eigenvalue weighted by Crippen LogP contribution is 2.35. The fraction of sp³-hybridized carbons (Fsp3) is 0.588. The molecule has 2 heterocycles. The predicted molar refractivity (Wildman–Crippen MR) is 80.1 cm³/mol. The Morgan fingerprint density at radius 2 is 1.65 bits per heavy atom. The molecular formula is C17H23NO2. The number of rotatable bonds is 3. The van der Waals surface area contributed by atoms with Gasteiger partial charge < -0.3 is 9.64 Å². The Morgan fingerprint density at radius 1 is 1.10 bits per heavy atom. The molecule has 0 spiro atoms. The van der Waals surface area contributed by atoms with Crippen LogP contribution in [0.3, 0.4) is 0 Å². The van der Waals surface area contributed by atoms with Crippen molar-refractivity contribution in [3.63, 3.8) is 0 Å². The van der Waals surface area contributed by atoms with Crippen LogP contribution in [0.25, 0.3) is 0 Å². The van der Waals surface area contributed by atoms with Crippen LogP contribution in [0.15, 0.2) is 24.3 Å². The number of nitrogens with zero attached hydrogens (tertiary/aromatic N) is 1. The second-order valence-electron chi connectivity index (χ2n) is 6.06. The lowest BCUT2D eigenvalue weighted by atomic mass is 9.84. The van der Waals surface area contributed by atoms with Gasteiger partial charge in [0.1, 0.15) is 0 Å². The monoisotopic (exact) mass is 273 g/mol. The molecule has 3 aliphatic rings. The zero-order chi connectivity index (χ0) is 13.9. The predicted octanol–water partition coefficient (Wildman–Crippen LogP) is 3.49. The van der Waals surface area contributed by atoms with E-state index in [1.54, 1.807) is 0 Å². The maximum atomic E-state index is 11.7. The van der Waals surface area contributed by atoms with E-state index in [0.717, 1.165) is 11.8 Å². The molecule has 2 bridgehead atoms. The van der Waals surface area contributed by atoms with Crippen molar-refractivity contribution >= 4 is 11.7 Å². The highest BCUT2D eigenvalue weighted by molar-refractivity contribution is 5.89. The molecule has 3 nitrogen and oxygen atoms in total. The third-order valence-electron chi connectivity index (χ3n) is 4.67. The van der Waals surface area contributed by atoms with Crippen LogP contribution in [0.2, 0.25) is 0 Å². The van der Waals surface area contributed by atoms with Crippen LogP contribution in [0.5, 0.6) is 0 Å². The molecule has 0 unspecified atom stereocenters. The second-order valence-corrected chi connectivity index (χ2v) is 6.06. The maximum Gasteiger partial charge on any atom is 0.338 e. The Bertz CT molecular complexity index is 446. The number of esters is 1. The minimum Gasteiger partial charge on any atom is -0.462 e. The van der Waals surface area contributed by atoms with Crippen LogP contribution in [-0.2, 0) is 4.74 Å². The van der Waals surface area contributed by atoms with Gasteiger partial charge >= 0.3 is 5.97 Å². The molecule has 1 aromatic carbocycles. The zero-order valence-electron chi connectivity index (χ0n) is 12.2. The molecular weight excluding hydrogens is 250 g/mol. The van der Waals surface area contributed by atoms with Crippen molar-refractivity contribution in [3.05, 3.63) is 29.8 Å². The number of fused-ring (bicyclic) bond motifs is 4. The molecule has 2 aliphatic heterocycles. The summed E-state index contributed by atoms with van der Waals surface area (Å²) in [5.41, 5.74) is 1.89. The first-order valence-electron chi connectivity index (χ1n) is 7.78. The van der Waals surface area contributed by atoms with Gasteiger partial charge in [-0.3, -0.25) is 0 Å². The fourth-order valence-corrected chi connectivity index (χ4v) is 3.53. The van der Waals surface area contributed by atoms with Crippen LogP contribution in [0, 0.1) is 11.8 Å². The summed E-state index contributed by atoms with van der Waals surface area (Å²) in [7, 11) is 0. The van der Waals surface area contributed by atoms with E-state index in [-0.39, 0.29) is 5.97 Å². The first-order valence-corrected chi connectivity index (χ1v) is 7.78. The molecule has 0 N–H and O–H groups in total. The van der Waals surface area contributed by atoms with Crippen molar-refractivity contribution in [2.45, 2.75) is 32.6 Å². The molecule has 3 fully saturated rings. The number of anilines is 1. The quantitative estimate of drug-likeness (QED) is 0.790. The minimum atomic E-state index is -0.227. The van der Waals surface area contributed by atoms with Crippen molar-refractivity contribution in [2.24, 2.45) is 11.8 Å².